The van der Waals surface area contributed by atoms with Crippen LogP contribution in [0.4, 0.5) is 5.82 Å². The van der Waals surface area contributed by atoms with E-state index in [-0.39, 0.29) is 0 Å². The Hall–Kier alpha value is -3.28. The Bertz CT molecular complexity index is 1070. The molecule has 0 fully saturated rings. The molecule has 0 bridgehead atoms. The highest BCUT2D eigenvalue weighted by atomic mass is 15.0. The Morgan fingerprint density at radius 1 is 1.07 bits per heavy atom. The molecule has 136 valence electrons. The molecule has 0 aliphatic rings. The molecule has 27 heavy (non-hydrogen) atoms. The van der Waals surface area contributed by atoms with Crippen LogP contribution in [0.25, 0.3) is 22.3 Å². The van der Waals surface area contributed by atoms with Gasteiger partial charge in [0.1, 0.15) is 17.3 Å². The summed E-state index contributed by atoms with van der Waals surface area (Å²) in [6.07, 6.45) is 3.70. The van der Waals surface area contributed by atoms with Crippen molar-refractivity contribution in [3.8, 4) is 11.3 Å². The van der Waals surface area contributed by atoms with E-state index in [1.807, 2.05) is 43.5 Å². The number of pyridine rings is 2. The zero-order valence-corrected chi connectivity index (χ0v) is 15.7. The summed E-state index contributed by atoms with van der Waals surface area (Å²) in [5.74, 6) is 1.91. The number of hydrogen-bond acceptors (Lipinski definition) is 5. The Morgan fingerprint density at radius 2 is 1.96 bits per heavy atom. The Labute approximate surface area is 158 Å². The number of nitrogens with one attached hydrogen (secondary N) is 2. The van der Waals surface area contributed by atoms with E-state index in [1.165, 1.54) is 0 Å². The van der Waals surface area contributed by atoms with Crippen LogP contribution in [0, 0.1) is 6.92 Å². The first-order valence-electron chi connectivity index (χ1n) is 9.08. The average molecular weight is 358 g/mol. The summed E-state index contributed by atoms with van der Waals surface area (Å²) in [5, 5.41) is 4.42. The summed E-state index contributed by atoms with van der Waals surface area (Å²) >= 11 is 0. The van der Waals surface area contributed by atoms with Crippen molar-refractivity contribution in [3.63, 3.8) is 0 Å². The lowest BCUT2D eigenvalue weighted by molar-refractivity contribution is 0.803. The van der Waals surface area contributed by atoms with Crippen LogP contribution in [0.1, 0.15) is 37.0 Å². The molecule has 6 heteroatoms. The fourth-order valence-electron chi connectivity index (χ4n) is 3.05. The highest BCUT2D eigenvalue weighted by Gasteiger charge is 2.13. The molecule has 0 radical (unpaired) electrons. The SMILES string of the molecule is Cc1nc(-c2cc(NCc3ccccn3)nc3[nH]ccc23)cc(C(C)C)n1. The van der Waals surface area contributed by atoms with Gasteiger partial charge in [-0.25, -0.2) is 15.0 Å². The highest BCUT2D eigenvalue weighted by Crippen LogP contribution is 2.30. The van der Waals surface area contributed by atoms with E-state index in [0.717, 1.165) is 45.3 Å². The third-order valence-electron chi connectivity index (χ3n) is 4.43. The van der Waals surface area contributed by atoms with Gasteiger partial charge in [0.25, 0.3) is 0 Å². The largest absolute Gasteiger partial charge is 0.364 e. The van der Waals surface area contributed by atoms with Gasteiger partial charge in [-0.15, -0.1) is 0 Å². The number of fused-ring (bicyclic) bond motifs is 1. The van der Waals surface area contributed by atoms with Crippen molar-refractivity contribution in [2.45, 2.75) is 33.2 Å². The summed E-state index contributed by atoms with van der Waals surface area (Å²) in [4.78, 5) is 21.5. The van der Waals surface area contributed by atoms with Crippen molar-refractivity contribution in [3.05, 3.63) is 66.0 Å². The standard InChI is InChI=1S/C21H22N6/c1-13(2)18-11-19(26-14(3)25-18)17-10-20(27-21-16(17)7-9-23-21)24-12-15-6-4-5-8-22-15/h4-11,13H,12H2,1-3H3,(H2,23,24,27). The van der Waals surface area contributed by atoms with Crippen LogP contribution in [0.15, 0.2) is 48.8 Å². The molecule has 4 aromatic rings. The van der Waals surface area contributed by atoms with E-state index >= 15 is 0 Å². The quantitative estimate of drug-likeness (QED) is 0.551. The number of aryl methyl sites for hydroxylation is 1. The Kier molecular flexibility index (Phi) is 4.54. The number of rotatable bonds is 5. The maximum absolute atomic E-state index is 4.68. The maximum Gasteiger partial charge on any atom is 0.140 e. The van der Waals surface area contributed by atoms with Crippen molar-refractivity contribution < 1.29 is 0 Å². The van der Waals surface area contributed by atoms with Gasteiger partial charge in [0.2, 0.25) is 0 Å². The first kappa shape index (κ1) is 17.1. The van der Waals surface area contributed by atoms with Crippen LogP contribution in [-0.2, 0) is 6.54 Å². The normalized spacial score (nSPS) is 11.3. The molecule has 0 aliphatic carbocycles. The molecular formula is C21H22N6. The molecule has 4 aromatic heterocycles. The van der Waals surface area contributed by atoms with E-state index < -0.39 is 0 Å². The smallest absolute Gasteiger partial charge is 0.140 e. The summed E-state index contributed by atoms with van der Waals surface area (Å²) < 4.78 is 0. The van der Waals surface area contributed by atoms with Gasteiger partial charge in [-0.3, -0.25) is 4.98 Å². The maximum atomic E-state index is 4.68. The van der Waals surface area contributed by atoms with Crippen LogP contribution in [0.2, 0.25) is 0 Å². The lowest BCUT2D eigenvalue weighted by Crippen LogP contribution is -2.04. The van der Waals surface area contributed by atoms with Crippen LogP contribution in [-0.4, -0.2) is 24.9 Å². The van der Waals surface area contributed by atoms with E-state index in [4.69, 9.17) is 0 Å². The van der Waals surface area contributed by atoms with Gasteiger partial charge in [-0.2, -0.15) is 0 Å². The fourth-order valence-corrected chi connectivity index (χ4v) is 3.05. The first-order chi connectivity index (χ1) is 13.1. The third-order valence-corrected chi connectivity index (χ3v) is 4.43. The molecule has 2 N–H and O–H groups in total. The predicted octanol–water partition coefficient (Wildman–Crippen LogP) is 4.46. The summed E-state index contributed by atoms with van der Waals surface area (Å²) in [7, 11) is 0. The van der Waals surface area contributed by atoms with Gasteiger partial charge in [0.05, 0.1) is 17.9 Å². The number of anilines is 1. The van der Waals surface area contributed by atoms with Gasteiger partial charge < -0.3 is 10.3 Å². The molecule has 0 aromatic carbocycles. The van der Waals surface area contributed by atoms with Gasteiger partial charge in [-0.05, 0) is 43.2 Å². The highest BCUT2D eigenvalue weighted by molar-refractivity contribution is 5.93. The first-order valence-corrected chi connectivity index (χ1v) is 9.08. The number of aromatic nitrogens is 5. The molecule has 4 heterocycles. The van der Waals surface area contributed by atoms with Crippen molar-refractivity contribution in [1.82, 2.24) is 24.9 Å². The molecule has 0 spiro atoms. The zero-order valence-electron chi connectivity index (χ0n) is 15.7. The molecule has 0 amide bonds. The van der Waals surface area contributed by atoms with Gasteiger partial charge in [0.15, 0.2) is 0 Å². The summed E-state index contributed by atoms with van der Waals surface area (Å²) in [6, 6.07) is 12.0. The van der Waals surface area contributed by atoms with Gasteiger partial charge >= 0.3 is 0 Å². The van der Waals surface area contributed by atoms with Gasteiger partial charge in [-0.1, -0.05) is 19.9 Å². The van der Waals surface area contributed by atoms with Crippen LogP contribution < -0.4 is 5.32 Å². The minimum atomic E-state index is 0.343. The molecular weight excluding hydrogens is 336 g/mol. The van der Waals surface area contributed by atoms with Crippen molar-refractivity contribution in [2.75, 3.05) is 5.32 Å². The number of nitrogens with zero attached hydrogens (tertiary/aromatic N) is 4. The molecule has 0 aliphatic heterocycles. The van der Waals surface area contributed by atoms with E-state index in [9.17, 15) is 0 Å². The van der Waals surface area contributed by atoms with Crippen molar-refractivity contribution in [1.29, 1.82) is 0 Å². The third kappa shape index (κ3) is 3.65. The molecule has 0 saturated carbocycles. The second kappa shape index (κ2) is 7.15. The van der Waals surface area contributed by atoms with E-state index in [1.54, 1.807) is 6.20 Å². The van der Waals surface area contributed by atoms with Crippen LogP contribution >= 0.6 is 0 Å². The summed E-state index contributed by atoms with van der Waals surface area (Å²) in [6.45, 7) is 6.83. The second-order valence-corrected chi connectivity index (χ2v) is 6.85. The average Bonchev–Trinajstić information content (AvgIpc) is 3.14. The number of H-pyrrole nitrogens is 1. The molecule has 0 unspecified atom stereocenters. The fraction of sp³-hybridized carbons (Fsp3) is 0.238. The molecule has 6 nitrogen and oxygen atoms in total. The van der Waals surface area contributed by atoms with E-state index in [0.29, 0.717) is 12.5 Å². The molecule has 0 saturated heterocycles. The molecule has 0 atom stereocenters. The Balaban J connectivity index is 1.75. The lowest BCUT2D eigenvalue weighted by Gasteiger charge is -2.12. The predicted molar refractivity (Wildman–Crippen MR) is 108 cm³/mol. The van der Waals surface area contributed by atoms with Crippen molar-refractivity contribution >= 4 is 16.9 Å². The van der Waals surface area contributed by atoms with Crippen LogP contribution in [0.5, 0.6) is 0 Å². The minimum Gasteiger partial charge on any atom is -0.364 e. The minimum absolute atomic E-state index is 0.343. The molecule has 4 rings (SSSR count). The monoisotopic (exact) mass is 358 g/mol. The number of aromatic amines is 1. The second-order valence-electron chi connectivity index (χ2n) is 6.85. The number of hydrogen-bond donors (Lipinski definition) is 2. The summed E-state index contributed by atoms with van der Waals surface area (Å²) in [5.41, 5.74) is 4.79. The Morgan fingerprint density at radius 3 is 2.74 bits per heavy atom. The van der Waals surface area contributed by atoms with E-state index in [2.05, 4.69) is 50.2 Å². The lowest BCUT2D eigenvalue weighted by atomic mass is 10.0. The van der Waals surface area contributed by atoms with Gasteiger partial charge in [0, 0.05) is 29.0 Å². The van der Waals surface area contributed by atoms with Crippen molar-refractivity contribution in [2.24, 2.45) is 0 Å². The topological polar surface area (TPSA) is 79.4 Å². The zero-order chi connectivity index (χ0) is 18.8. The van der Waals surface area contributed by atoms with Crippen LogP contribution in [0.3, 0.4) is 0 Å².